The van der Waals surface area contributed by atoms with Crippen LogP contribution in [0.1, 0.15) is 11.1 Å². The van der Waals surface area contributed by atoms with Crippen LogP contribution in [0.15, 0.2) is 53.7 Å². The Morgan fingerprint density at radius 2 is 2.00 bits per heavy atom. The van der Waals surface area contributed by atoms with Crippen molar-refractivity contribution in [2.45, 2.75) is 17.8 Å². The molecule has 0 saturated heterocycles. The maximum absolute atomic E-state index is 13.6. The summed E-state index contributed by atoms with van der Waals surface area (Å²) in [6.45, 7) is 2.01. The first kappa shape index (κ1) is 13.8. The first-order chi connectivity index (χ1) is 10.2. The van der Waals surface area contributed by atoms with Crippen LogP contribution in [0.3, 0.4) is 0 Å². The Kier molecular flexibility index (Phi) is 3.96. The van der Waals surface area contributed by atoms with E-state index in [0.717, 1.165) is 11.3 Å². The lowest BCUT2D eigenvalue weighted by Gasteiger charge is -2.05. The normalized spacial score (nSPS) is 10.8. The quantitative estimate of drug-likeness (QED) is 0.693. The highest BCUT2D eigenvalue weighted by atomic mass is 32.2. The molecule has 3 aromatic rings. The Labute approximate surface area is 126 Å². The molecule has 0 spiro atoms. The van der Waals surface area contributed by atoms with Crippen LogP contribution in [0.5, 0.6) is 0 Å². The Morgan fingerprint density at radius 1 is 1.14 bits per heavy atom. The predicted molar refractivity (Wildman–Crippen MR) is 79.9 cm³/mol. The SMILES string of the molecule is Cc1cccc(-n2nnnc2SCc2ccccc2F)c1. The molecule has 6 heteroatoms. The highest BCUT2D eigenvalue weighted by Crippen LogP contribution is 2.23. The average molecular weight is 300 g/mol. The zero-order valence-electron chi connectivity index (χ0n) is 11.4. The van der Waals surface area contributed by atoms with Gasteiger partial charge in [0.05, 0.1) is 5.69 Å². The van der Waals surface area contributed by atoms with E-state index in [9.17, 15) is 4.39 Å². The molecule has 0 N–H and O–H groups in total. The fraction of sp³-hybridized carbons (Fsp3) is 0.133. The van der Waals surface area contributed by atoms with Crippen molar-refractivity contribution < 1.29 is 4.39 Å². The molecule has 0 fully saturated rings. The maximum Gasteiger partial charge on any atom is 0.214 e. The van der Waals surface area contributed by atoms with E-state index < -0.39 is 0 Å². The van der Waals surface area contributed by atoms with E-state index in [-0.39, 0.29) is 5.82 Å². The average Bonchev–Trinajstić information content (AvgIpc) is 2.95. The van der Waals surface area contributed by atoms with Crippen molar-refractivity contribution in [1.82, 2.24) is 20.2 Å². The van der Waals surface area contributed by atoms with Crippen LogP contribution in [0, 0.1) is 12.7 Å². The fourth-order valence-electron chi connectivity index (χ4n) is 1.95. The van der Waals surface area contributed by atoms with Crippen LogP contribution in [-0.4, -0.2) is 20.2 Å². The molecule has 1 heterocycles. The molecule has 0 aliphatic rings. The highest BCUT2D eigenvalue weighted by molar-refractivity contribution is 7.98. The molecule has 0 aliphatic carbocycles. The van der Waals surface area contributed by atoms with Crippen molar-refractivity contribution >= 4 is 11.8 Å². The summed E-state index contributed by atoms with van der Waals surface area (Å²) < 4.78 is 15.3. The minimum absolute atomic E-state index is 0.209. The summed E-state index contributed by atoms with van der Waals surface area (Å²) in [5, 5.41) is 12.4. The summed E-state index contributed by atoms with van der Waals surface area (Å²) in [6, 6.07) is 14.6. The van der Waals surface area contributed by atoms with Crippen molar-refractivity contribution in [3.05, 3.63) is 65.5 Å². The summed E-state index contributed by atoms with van der Waals surface area (Å²) in [5.41, 5.74) is 2.67. The van der Waals surface area contributed by atoms with E-state index in [4.69, 9.17) is 0 Å². The van der Waals surface area contributed by atoms with Gasteiger partial charge in [0.1, 0.15) is 5.82 Å². The van der Waals surface area contributed by atoms with Gasteiger partial charge in [-0.25, -0.2) is 4.39 Å². The Bertz CT molecular complexity index is 757. The summed E-state index contributed by atoms with van der Waals surface area (Å²) in [7, 11) is 0. The maximum atomic E-state index is 13.6. The molecular formula is C15H13FN4S. The standard InChI is InChI=1S/C15H13FN4S/c1-11-5-4-7-13(9-11)20-15(17-18-19-20)21-10-12-6-2-3-8-14(12)16/h2-9H,10H2,1H3. The number of benzene rings is 2. The molecule has 0 bridgehead atoms. The fourth-order valence-corrected chi connectivity index (χ4v) is 2.83. The van der Waals surface area contributed by atoms with Gasteiger partial charge in [-0.15, -0.1) is 5.10 Å². The molecule has 0 radical (unpaired) electrons. The number of thioether (sulfide) groups is 1. The second-order valence-electron chi connectivity index (χ2n) is 4.59. The van der Waals surface area contributed by atoms with E-state index in [2.05, 4.69) is 15.5 Å². The third kappa shape index (κ3) is 3.11. The third-order valence-corrected chi connectivity index (χ3v) is 3.97. The predicted octanol–water partition coefficient (Wildman–Crippen LogP) is 3.40. The van der Waals surface area contributed by atoms with E-state index in [1.807, 2.05) is 37.3 Å². The van der Waals surface area contributed by atoms with E-state index in [1.165, 1.54) is 17.8 Å². The van der Waals surface area contributed by atoms with Gasteiger partial charge in [-0.1, -0.05) is 42.1 Å². The topological polar surface area (TPSA) is 43.6 Å². The minimum Gasteiger partial charge on any atom is -0.207 e. The van der Waals surface area contributed by atoms with Crippen LogP contribution in [0.4, 0.5) is 4.39 Å². The van der Waals surface area contributed by atoms with Crippen LogP contribution < -0.4 is 0 Å². The number of tetrazole rings is 1. The zero-order valence-corrected chi connectivity index (χ0v) is 12.2. The van der Waals surface area contributed by atoms with Crippen molar-refractivity contribution in [2.75, 3.05) is 0 Å². The molecule has 0 amide bonds. The van der Waals surface area contributed by atoms with Crippen molar-refractivity contribution in [3.8, 4) is 5.69 Å². The molecule has 3 rings (SSSR count). The smallest absolute Gasteiger partial charge is 0.207 e. The number of hydrogen-bond donors (Lipinski definition) is 0. The molecule has 0 unspecified atom stereocenters. The molecule has 2 aromatic carbocycles. The summed E-state index contributed by atoms with van der Waals surface area (Å²) in [4.78, 5) is 0. The van der Waals surface area contributed by atoms with Crippen LogP contribution in [0.2, 0.25) is 0 Å². The van der Waals surface area contributed by atoms with Crippen LogP contribution in [-0.2, 0) is 5.75 Å². The Balaban J connectivity index is 1.82. The number of aromatic nitrogens is 4. The monoisotopic (exact) mass is 300 g/mol. The van der Waals surface area contributed by atoms with Crippen molar-refractivity contribution in [1.29, 1.82) is 0 Å². The molecule has 4 nitrogen and oxygen atoms in total. The third-order valence-electron chi connectivity index (χ3n) is 3.00. The zero-order chi connectivity index (χ0) is 14.7. The van der Waals surface area contributed by atoms with Crippen LogP contribution in [0.25, 0.3) is 5.69 Å². The van der Waals surface area contributed by atoms with Gasteiger partial charge in [-0.2, -0.15) is 4.68 Å². The molecule has 0 atom stereocenters. The number of rotatable bonds is 4. The second kappa shape index (κ2) is 6.05. The van der Waals surface area contributed by atoms with E-state index >= 15 is 0 Å². The number of nitrogens with zero attached hydrogens (tertiary/aromatic N) is 4. The Hall–Kier alpha value is -2.21. The van der Waals surface area contributed by atoms with Gasteiger partial charge in [0.15, 0.2) is 0 Å². The highest BCUT2D eigenvalue weighted by Gasteiger charge is 2.10. The molecular weight excluding hydrogens is 287 g/mol. The summed E-state index contributed by atoms with van der Waals surface area (Å²) in [5.74, 6) is 0.276. The van der Waals surface area contributed by atoms with Gasteiger partial charge in [-0.3, -0.25) is 0 Å². The lowest BCUT2D eigenvalue weighted by Crippen LogP contribution is -1.99. The molecule has 0 aliphatic heterocycles. The van der Waals surface area contributed by atoms with Gasteiger partial charge in [-0.05, 0) is 46.7 Å². The van der Waals surface area contributed by atoms with E-state index in [0.29, 0.717) is 16.5 Å². The van der Waals surface area contributed by atoms with Gasteiger partial charge in [0.2, 0.25) is 5.16 Å². The first-order valence-electron chi connectivity index (χ1n) is 6.45. The van der Waals surface area contributed by atoms with Gasteiger partial charge in [0.25, 0.3) is 0 Å². The second-order valence-corrected chi connectivity index (χ2v) is 5.53. The first-order valence-corrected chi connectivity index (χ1v) is 7.44. The molecule has 21 heavy (non-hydrogen) atoms. The molecule has 1 aromatic heterocycles. The summed E-state index contributed by atoms with van der Waals surface area (Å²) >= 11 is 1.41. The van der Waals surface area contributed by atoms with Crippen LogP contribution >= 0.6 is 11.8 Å². The van der Waals surface area contributed by atoms with Crippen molar-refractivity contribution in [2.24, 2.45) is 0 Å². The van der Waals surface area contributed by atoms with Gasteiger partial charge in [0, 0.05) is 5.75 Å². The van der Waals surface area contributed by atoms with Gasteiger partial charge < -0.3 is 0 Å². The molecule has 0 saturated carbocycles. The minimum atomic E-state index is -0.209. The lowest BCUT2D eigenvalue weighted by atomic mass is 10.2. The Morgan fingerprint density at radius 3 is 2.81 bits per heavy atom. The number of hydrogen-bond acceptors (Lipinski definition) is 4. The van der Waals surface area contributed by atoms with Crippen molar-refractivity contribution in [3.63, 3.8) is 0 Å². The number of aryl methyl sites for hydroxylation is 1. The van der Waals surface area contributed by atoms with Gasteiger partial charge >= 0.3 is 0 Å². The largest absolute Gasteiger partial charge is 0.214 e. The molecule has 106 valence electrons. The number of halogens is 1. The lowest BCUT2D eigenvalue weighted by molar-refractivity contribution is 0.617. The summed E-state index contributed by atoms with van der Waals surface area (Å²) in [6.07, 6.45) is 0. The van der Waals surface area contributed by atoms with E-state index in [1.54, 1.807) is 16.8 Å².